The van der Waals surface area contributed by atoms with Crippen LogP contribution in [0, 0.1) is 17.3 Å². The average Bonchev–Trinajstić information content (AvgIpc) is 2.95. The highest BCUT2D eigenvalue weighted by molar-refractivity contribution is 4.95. The van der Waals surface area contributed by atoms with E-state index in [2.05, 4.69) is 24.1 Å². The molecule has 2 saturated carbocycles. The molecule has 0 amide bonds. The minimum atomic E-state index is 0.568. The van der Waals surface area contributed by atoms with Crippen molar-refractivity contribution in [3.63, 3.8) is 0 Å². The standard InChI is InChI=1S/C19H36N2/c1-3-20-14-19(11-5-7-16(2)13-19)15-21-12-6-9-17-8-4-10-18(17)21/h16-18,20H,3-15H2,1-2H3. The Bertz CT molecular complexity index is 330. The molecular weight excluding hydrogens is 256 g/mol. The van der Waals surface area contributed by atoms with Crippen LogP contribution in [0.5, 0.6) is 0 Å². The largest absolute Gasteiger partial charge is 0.316 e. The van der Waals surface area contributed by atoms with E-state index in [1.807, 2.05) is 0 Å². The maximum atomic E-state index is 3.70. The number of hydrogen-bond acceptors (Lipinski definition) is 2. The third-order valence-electron chi connectivity index (χ3n) is 6.58. The molecule has 1 aliphatic heterocycles. The molecule has 0 radical (unpaired) electrons. The summed E-state index contributed by atoms with van der Waals surface area (Å²) in [6.45, 7) is 9.88. The van der Waals surface area contributed by atoms with Gasteiger partial charge in [-0.1, -0.05) is 33.1 Å². The fraction of sp³-hybridized carbons (Fsp3) is 1.00. The van der Waals surface area contributed by atoms with Gasteiger partial charge in [0, 0.05) is 19.1 Å². The van der Waals surface area contributed by atoms with Crippen LogP contribution in [0.1, 0.15) is 71.6 Å². The second-order valence-electron chi connectivity index (χ2n) is 8.35. The van der Waals surface area contributed by atoms with Gasteiger partial charge in [0.05, 0.1) is 0 Å². The molecule has 122 valence electrons. The summed E-state index contributed by atoms with van der Waals surface area (Å²) in [4.78, 5) is 2.93. The Kier molecular flexibility index (Phi) is 5.27. The van der Waals surface area contributed by atoms with Gasteiger partial charge in [-0.2, -0.15) is 0 Å². The third kappa shape index (κ3) is 3.64. The molecule has 4 atom stereocenters. The number of piperidine rings is 1. The highest BCUT2D eigenvalue weighted by Crippen LogP contribution is 2.43. The molecular formula is C19H36N2. The van der Waals surface area contributed by atoms with Gasteiger partial charge in [0.15, 0.2) is 0 Å². The lowest BCUT2D eigenvalue weighted by molar-refractivity contribution is 0.0283. The molecule has 21 heavy (non-hydrogen) atoms. The molecule has 1 N–H and O–H groups in total. The molecule has 0 spiro atoms. The topological polar surface area (TPSA) is 15.3 Å². The van der Waals surface area contributed by atoms with E-state index < -0.39 is 0 Å². The molecule has 0 aromatic carbocycles. The van der Waals surface area contributed by atoms with Crippen molar-refractivity contribution >= 4 is 0 Å². The van der Waals surface area contributed by atoms with Crippen LogP contribution < -0.4 is 5.32 Å². The fourth-order valence-corrected chi connectivity index (χ4v) is 5.70. The molecule has 3 fully saturated rings. The van der Waals surface area contributed by atoms with E-state index in [-0.39, 0.29) is 0 Å². The third-order valence-corrected chi connectivity index (χ3v) is 6.58. The predicted molar refractivity (Wildman–Crippen MR) is 90.5 cm³/mol. The Morgan fingerprint density at radius 3 is 2.76 bits per heavy atom. The maximum Gasteiger partial charge on any atom is 0.0124 e. The zero-order valence-electron chi connectivity index (χ0n) is 14.4. The summed E-state index contributed by atoms with van der Waals surface area (Å²) in [5, 5.41) is 3.70. The molecule has 3 rings (SSSR count). The van der Waals surface area contributed by atoms with Gasteiger partial charge in [-0.3, -0.25) is 4.90 Å². The number of nitrogens with zero attached hydrogens (tertiary/aromatic N) is 1. The first-order chi connectivity index (χ1) is 10.2. The fourth-order valence-electron chi connectivity index (χ4n) is 5.70. The van der Waals surface area contributed by atoms with E-state index in [9.17, 15) is 0 Å². The van der Waals surface area contributed by atoms with Gasteiger partial charge in [-0.05, 0) is 68.9 Å². The Morgan fingerprint density at radius 2 is 1.95 bits per heavy atom. The van der Waals surface area contributed by atoms with Gasteiger partial charge in [0.1, 0.15) is 0 Å². The highest BCUT2D eigenvalue weighted by Gasteiger charge is 2.41. The maximum absolute atomic E-state index is 3.70. The first kappa shape index (κ1) is 15.8. The van der Waals surface area contributed by atoms with E-state index in [1.165, 1.54) is 77.4 Å². The first-order valence-electron chi connectivity index (χ1n) is 9.67. The van der Waals surface area contributed by atoms with Crippen molar-refractivity contribution in [2.45, 2.75) is 77.7 Å². The van der Waals surface area contributed by atoms with Crippen molar-refractivity contribution in [3.8, 4) is 0 Å². The number of nitrogens with one attached hydrogen (secondary N) is 1. The van der Waals surface area contributed by atoms with Gasteiger partial charge < -0.3 is 5.32 Å². The lowest BCUT2D eigenvalue weighted by Gasteiger charge is -2.47. The first-order valence-corrected chi connectivity index (χ1v) is 9.67. The van der Waals surface area contributed by atoms with E-state index in [1.54, 1.807) is 0 Å². The Hall–Kier alpha value is -0.0800. The van der Waals surface area contributed by atoms with Crippen LogP contribution in [-0.2, 0) is 0 Å². The molecule has 0 aromatic heterocycles. The summed E-state index contributed by atoms with van der Waals surface area (Å²) in [5.74, 6) is 1.97. The van der Waals surface area contributed by atoms with Crippen molar-refractivity contribution in [3.05, 3.63) is 0 Å². The van der Waals surface area contributed by atoms with Crippen molar-refractivity contribution in [1.29, 1.82) is 0 Å². The summed E-state index contributed by atoms with van der Waals surface area (Å²) in [6, 6.07) is 0.939. The molecule has 3 aliphatic rings. The SMILES string of the molecule is CCNCC1(CN2CCCC3CCCC32)CCCC(C)C1. The Morgan fingerprint density at radius 1 is 1.10 bits per heavy atom. The van der Waals surface area contributed by atoms with Crippen LogP contribution in [0.2, 0.25) is 0 Å². The number of likely N-dealkylation sites (tertiary alicyclic amines) is 1. The average molecular weight is 293 g/mol. The van der Waals surface area contributed by atoms with E-state index in [0.29, 0.717) is 5.41 Å². The lowest BCUT2D eigenvalue weighted by Crippen LogP contribution is -2.52. The van der Waals surface area contributed by atoms with Gasteiger partial charge in [-0.25, -0.2) is 0 Å². The summed E-state index contributed by atoms with van der Waals surface area (Å²) < 4.78 is 0. The minimum absolute atomic E-state index is 0.568. The van der Waals surface area contributed by atoms with Crippen LogP contribution >= 0.6 is 0 Å². The summed E-state index contributed by atoms with van der Waals surface area (Å²) in [5.41, 5.74) is 0.568. The molecule has 2 heteroatoms. The number of hydrogen-bond donors (Lipinski definition) is 1. The van der Waals surface area contributed by atoms with Crippen LogP contribution in [-0.4, -0.2) is 37.1 Å². The van der Waals surface area contributed by atoms with Crippen LogP contribution in [0.4, 0.5) is 0 Å². The molecule has 4 unspecified atom stereocenters. The van der Waals surface area contributed by atoms with Gasteiger partial charge in [0.2, 0.25) is 0 Å². The van der Waals surface area contributed by atoms with Crippen LogP contribution in [0.15, 0.2) is 0 Å². The van der Waals surface area contributed by atoms with Crippen molar-refractivity contribution in [1.82, 2.24) is 10.2 Å². The van der Waals surface area contributed by atoms with E-state index >= 15 is 0 Å². The number of rotatable bonds is 5. The highest BCUT2D eigenvalue weighted by atomic mass is 15.2. The van der Waals surface area contributed by atoms with E-state index in [0.717, 1.165) is 24.4 Å². The predicted octanol–water partition coefficient (Wildman–Crippen LogP) is 4.06. The van der Waals surface area contributed by atoms with Crippen molar-refractivity contribution in [2.24, 2.45) is 17.3 Å². The molecule has 2 aliphatic carbocycles. The monoisotopic (exact) mass is 292 g/mol. The Labute approximate surface area is 132 Å². The Balaban J connectivity index is 1.68. The smallest absolute Gasteiger partial charge is 0.0124 e. The summed E-state index contributed by atoms with van der Waals surface area (Å²) in [6.07, 6.45) is 13.3. The quantitative estimate of drug-likeness (QED) is 0.822. The van der Waals surface area contributed by atoms with Crippen LogP contribution in [0.25, 0.3) is 0 Å². The normalized spacial score (nSPS) is 41.1. The van der Waals surface area contributed by atoms with Crippen molar-refractivity contribution < 1.29 is 0 Å². The van der Waals surface area contributed by atoms with E-state index in [4.69, 9.17) is 0 Å². The molecule has 2 nitrogen and oxygen atoms in total. The summed E-state index contributed by atoms with van der Waals surface area (Å²) >= 11 is 0. The lowest BCUT2D eigenvalue weighted by atomic mass is 9.69. The van der Waals surface area contributed by atoms with Crippen LogP contribution in [0.3, 0.4) is 0 Å². The second kappa shape index (κ2) is 7.00. The molecule has 1 saturated heterocycles. The second-order valence-corrected chi connectivity index (χ2v) is 8.35. The van der Waals surface area contributed by atoms with Gasteiger partial charge in [-0.15, -0.1) is 0 Å². The number of fused-ring (bicyclic) bond motifs is 1. The molecule has 0 aromatic rings. The molecule has 1 heterocycles. The summed E-state index contributed by atoms with van der Waals surface area (Å²) in [7, 11) is 0. The molecule has 0 bridgehead atoms. The van der Waals surface area contributed by atoms with Gasteiger partial charge >= 0.3 is 0 Å². The minimum Gasteiger partial charge on any atom is -0.316 e. The van der Waals surface area contributed by atoms with Gasteiger partial charge in [0.25, 0.3) is 0 Å². The van der Waals surface area contributed by atoms with Crippen molar-refractivity contribution in [2.75, 3.05) is 26.2 Å². The zero-order chi connectivity index (χ0) is 14.7. The zero-order valence-corrected chi connectivity index (χ0v) is 14.4.